The summed E-state index contributed by atoms with van der Waals surface area (Å²) in [7, 11) is 0. The summed E-state index contributed by atoms with van der Waals surface area (Å²) < 4.78 is 5.53. The Morgan fingerprint density at radius 2 is 2.31 bits per heavy atom. The SMILES string of the molecule is Cc1ccc([C@H]2NCCCC[C@@H]2C(=O)O)o1. The van der Waals surface area contributed by atoms with Gasteiger partial charge in [0.05, 0.1) is 12.0 Å². The van der Waals surface area contributed by atoms with Gasteiger partial charge in [-0.3, -0.25) is 4.79 Å². The van der Waals surface area contributed by atoms with Crippen molar-refractivity contribution in [3.05, 3.63) is 23.7 Å². The van der Waals surface area contributed by atoms with Crippen LogP contribution in [0.5, 0.6) is 0 Å². The van der Waals surface area contributed by atoms with Gasteiger partial charge >= 0.3 is 5.97 Å². The molecule has 88 valence electrons. The fraction of sp³-hybridized carbons (Fsp3) is 0.583. The molecule has 4 heteroatoms. The predicted octanol–water partition coefficient (Wildman–Crippen LogP) is 2.10. The second-order valence-electron chi connectivity index (χ2n) is 4.32. The molecule has 1 saturated heterocycles. The van der Waals surface area contributed by atoms with Gasteiger partial charge in [0.2, 0.25) is 0 Å². The minimum absolute atomic E-state index is 0.186. The van der Waals surface area contributed by atoms with Crippen LogP contribution in [0.15, 0.2) is 16.5 Å². The lowest BCUT2D eigenvalue weighted by Crippen LogP contribution is -2.31. The average molecular weight is 223 g/mol. The van der Waals surface area contributed by atoms with Crippen molar-refractivity contribution in [3.63, 3.8) is 0 Å². The second-order valence-corrected chi connectivity index (χ2v) is 4.32. The number of carboxylic acid groups (broad SMARTS) is 1. The molecule has 0 amide bonds. The zero-order valence-electron chi connectivity index (χ0n) is 9.40. The van der Waals surface area contributed by atoms with Crippen LogP contribution in [-0.4, -0.2) is 17.6 Å². The van der Waals surface area contributed by atoms with Gasteiger partial charge in [-0.1, -0.05) is 6.42 Å². The van der Waals surface area contributed by atoms with Crippen molar-refractivity contribution in [2.45, 2.75) is 32.2 Å². The summed E-state index contributed by atoms with van der Waals surface area (Å²) in [6.07, 6.45) is 2.70. The van der Waals surface area contributed by atoms with Gasteiger partial charge in [-0.15, -0.1) is 0 Å². The molecule has 1 fully saturated rings. The van der Waals surface area contributed by atoms with Crippen molar-refractivity contribution in [2.75, 3.05) is 6.54 Å². The van der Waals surface area contributed by atoms with Crippen molar-refractivity contribution in [3.8, 4) is 0 Å². The quantitative estimate of drug-likeness (QED) is 0.806. The maximum atomic E-state index is 11.2. The van der Waals surface area contributed by atoms with Crippen molar-refractivity contribution >= 4 is 5.97 Å². The smallest absolute Gasteiger partial charge is 0.308 e. The molecule has 1 aliphatic heterocycles. The highest BCUT2D eigenvalue weighted by Gasteiger charge is 2.32. The van der Waals surface area contributed by atoms with E-state index in [0.29, 0.717) is 6.42 Å². The molecule has 0 aliphatic carbocycles. The Kier molecular flexibility index (Phi) is 3.29. The molecular weight excluding hydrogens is 206 g/mol. The summed E-state index contributed by atoms with van der Waals surface area (Å²) in [5.41, 5.74) is 0. The number of carbonyl (C=O) groups is 1. The largest absolute Gasteiger partial charge is 0.481 e. The molecule has 2 N–H and O–H groups in total. The summed E-state index contributed by atoms with van der Waals surface area (Å²) in [5.74, 6) is 0.443. The Bertz CT molecular complexity index is 372. The van der Waals surface area contributed by atoms with E-state index in [2.05, 4.69) is 5.32 Å². The van der Waals surface area contributed by atoms with Gasteiger partial charge in [-0.05, 0) is 38.4 Å². The normalized spacial score (nSPS) is 26.3. The maximum absolute atomic E-state index is 11.2. The minimum Gasteiger partial charge on any atom is -0.481 e. The lowest BCUT2D eigenvalue weighted by atomic mass is 9.94. The number of nitrogens with one attached hydrogen (secondary N) is 1. The fourth-order valence-corrected chi connectivity index (χ4v) is 2.24. The number of hydrogen-bond donors (Lipinski definition) is 2. The molecule has 2 heterocycles. The molecule has 0 radical (unpaired) electrons. The van der Waals surface area contributed by atoms with E-state index < -0.39 is 5.97 Å². The maximum Gasteiger partial charge on any atom is 0.308 e. The van der Waals surface area contributed by atoms with Gasteiger partial charge in [0.25, 0.3) is 0 Å². The summed E-state index contributed by atoms with van der Waals surface area (Å²) >= 11 is 0. The number of aliphatic carboxylic acids is 1. The first-order valence-electron chi connectivity index (χ1n) is 5.71. The van der Waals surface area contributed by atoms with E-state index >= 15 is 0 Å². The molecule has 16 heavy (non-hydrogen) atoms. The van der Waals surface area contributed by atoms with Crippen molar-refractivity contribution in [1.82, 2.24) is 5.32 Å². The molecule has 1 aromatic rings. The van der Waals surface area contributed by atoms with E-state index in [1.54, 1.807) is 0 Å². The van der Waals surface area contributed by atoms with E-state index in [9.17, 15) is 9.90 Å². The van der Waals surface area contributed by atoms with E-state index in [1.165, 1.54) is 0 Å². The molecule has 1 aromatic heterocycles. The van der Waals surface area contributed by atoms with E-state index in [1.807, 2.05) is 19.1 Å². The lowest BCUT2D eigenvalue weighted by Gasteiger charge is -2.20. The third kappa shape index (κ3) is 2.27. The number of aryl methyl sites for hydroxylation is 1. The highest BCUT2D eigenvalue weighted by Crippen LogP contribution is 2.30. The second kappa shape index (κ2) is 4.70. The third-order valence-electron chi connectivity index (χ3n) is 3.09. The van der Waals surface area contributed by atoms with Crippen LogP contribution in [-0.2, 0) is 4.79 Å². The minimum atomic E-state index is -0.742. The lowest BCUT2D eigenvalue weighted by molar-refractivity contribution is -0.143. The van der Waals surface area contributed by atoms with Crippen LogP contribution < -0.4 is 5.32 Å². The molecule has 0 unspecified atom stereocenters. The average Bonchev–Trinajstić information content (AvgIpc) is 2.54. The molecule has 2 rings (SSSR count). The van der Waals surface area contributed by atoms with Crippen molar-refractivity contribution < 1.29 is 14.3 Å². The van der Waals surface area contributed by atoms with Crippen molar-refractivity contribution in [1.29, 1.82) is 0 Å². The number of furan rings is 1. The zero-order valence-corrected chi connectivity index (χ0v) is 9.40. The van der Waals surface area contributed by atoms with Crippen LogP contribution in [0.25, 0.3) is 0 Å². The van der Waals surface area contributed by atoms with Gasteiger partial charge in [-0.25, -0.2) is 0 Å². The molecule has 4 nitrogen and oxygen atoms in total. The topological polar surface area (TPSA) is 62.5 Å². The zero-order chi connectivity index (χ0) is 11.5. The summed E-state index contributed by atoms with van der Waals surface area (Å²) in [6.45, 7) is 2.73. The Hall–Kier alpha value is -1.29. The van der Waals surface area contributed by atoms with E-state index in [4.69, 9.17) is 4.42 Å². The highest BCUT2D eigenvalue weighted by atomic mass is 16.4. The first kappa shape index (κ1) is 11.2. The van der Waals surface area contributed by atoms with Crippen molar-refractivity contribution in [2.24, 2.45) is 5.92 Å². The third-order valence-corrected chi connectivity index (χ3v) is 3.09. The van der Waals surface area contributed by atoms with Crippen LogP contribution >= 0.6 is 0 Å². The molecule has 1 aliphatic rings. The summed E-state index contributed by atoms with van der Waals surface area (Å²) in [4.78, 5) is 11.2. The van der Waals surface area contributed by atoms with Crippen LogP contribution in [0.4, 0.5) is 0 Å². The highest BCUT2D eigenvalue weighted by molar-refractivity contribution is 5.71. The Balaban J connectivity index is 2.23. The number of rotatable bonds is 2. The Labute approximate surface area is 94.6 Å². The van der Waals surface area contributed by atoms with Gasteiger partial charge in [0.15, 0.2) is 0 Å². The van der Waals surface area contributed by atoms with Gasteiger partial charge < -0.3 is 14.8 Å². The molecular formula is C12H17NO3. The van der Waals surface area contributed by atoms with Gasteiger partial charge in [-0.2, -0.15) is 0 Å². The van der Waals surface area contributed by atoms with Gasteiger partial charge in [0.1, 0.15) is 11.5 Å². The van der Waals surface area contributed by atoms with Crippen LogP contribution in [0.3, 0.4) is 0 Å². The number of carboxylic acids is 1. The standard InChI is InChI=1S/C12H17NO3/c1-8-5-6-10(16-8)11-9(12(14)15)4-2-3-7-13-11/h5-6,9,11,13H,2-4,7H2,1H3,(H,14,15)/t9-,11-/m0/s1. The number of hydrogen-bond acceptors (Lipinski definition) is 3. The molecule has 2 atom stereocenters. The van der Waals surface area contributed by atoms with Gasteiger partial charge in [0, 0.05) is 0 Å². The van der Waals surface area contributed by atoms with Crippen LogP contribution in [0, 0.1) is 12.8 Å². The first-order chi connectivity index (χ1) is 7.68. The predicted molar refractivity (Wildman–Crippen MR) is 59.2 cm³/mol. The molecule has 0 bridgehead atoms. The Morgan fingerprint density at radius 1 is 1.50 bits per heavy atom. The van der Waals surface area contributed by atoms with E-state index in [-0.39, 0.29) is 12.0 Å². The Morgan fingerprint density at radius 3 is 2.94 bits per heavy atom. The van der Waals surface area contributed by atoms with Crippen LogP contribution in [0.2, 0.25) is 0 Å². The fourth-order valence-electron chi connectivity index (χ4n) is 2.24. The molecule has 0 aromatic carbocycles. The summed E-state index contributed by atoms with van der Waals surface area (Å²) in [6, 6.07) is 3.56. The first-order valence-corrected chi connectivity index (χ1v) is 5.71. The summed E-state index contributed by atoms with van der Waals surface area (Å²) in [5, 5.41) is 12.5. The molecule has 0 spiro atoms. The molecule has 0 saturated carbocycles. The van der Waals surface area contributed by atoms with E-state index in [0.717, 1.165) is 30.9 Å². The van der Waals surface area contributed by atoms with Crippen LogP contribution in [0.1, 0.15) is 36.8 Å². The monoisotopic (exact) mass is 223 g/mol.